The molecule has 0 fully saturated rings. The fraction of sp³-hybridized carbons (Fsp3) is 0.294. The number of halogens is 1. The Morgan fingerprint density at radius 2 is 1.97 bits per heavy atom. The highest BCUT2D eigenvalue weighted by Gasteiger charge is 2.28. The third-order valence-electron chi connectivity index (χ3n) is 3.88. The van der Waals surface area contributed by atoms with E-state index in [4.69, 9.17) is 10.5 Å². The molecule has 0 aliphatic heterocycles. The van der Waals surface area contributed by atoms with Gasteiger partial charge in [0, 0.05) is 17.5 Å². The molecule has 0 amide bonds. The van der Waals surface area contributed by atoms with Gasteiger partial charge in [-0.1, -0.05) is 6.92 Å². The number of pyridine rings is 1. The minimum atomic E-state index is -0.638. The van der Waals surface area contributed by atoms with Crippen LogP contribution in [0.25, 0.3) is 0 Å². The topological polar surface area (TPSA) is 158 Å². The number of nitrogens with two attached hydrogens (primary N) is 1. The Morgan fingerprint density at radius 3 is 2.59 bits per heavy atom. The largest absolute Gasteiger partial charge is 0.475 e. The van der Waals surface area contributed by atoms with Crippen molar-refractivity contribution in [3.05, 3.63) is 51.8 Å². The van der Waals surface area contributed by atoms with Gasteiger partial charge in [0.25, 0.3) is 0 Å². The molecule has 0 saturated heterocycles. The zero-order valence-electron chi connectivity index (χ0n) is 15.9. The lowest BCUT2D eigenvalue weighted by molar-refractivity contribution is -0.384. The number of nitrogens with zero attached hydrogens (tertiary/aromatic N) is 5. The van der Waals surface area contributed by atoms with Crippen LogP contribution >= 0.6 is 0 Å². The van der Waals surface area contributed by atoms with Crippen molar-refractivity contribution in [2.24, 2.45) is 0 Å². The van der Waals surface area contributed by atoms with E-state index < -0.39 is 16.7 Å². The Hall–Kier alpha value is -3.83. The second kappa shape index (κ2) is 8.04. The van der Waals surface area contributed by atoms with Crippen molar-refractivity contribution < 1.29 is 14.1 Å². The van der Waals surface area contributed by atoms with E-state index in [-0.39, 0.29) is 40.6 Å². The van der Waals surface area contributed by atoms with Crippen molar-refractivity contribution in [3.8, 4) is 5.88 Å². The van der Waals surface area contributed by atoms with E-state index in [1.54, 1.807) is 13.0 Å². The first kappa shape index (κ1) is 19.9. The SMILES string of the molecule is CC(C)Oc1cc(Nc2nc(N)cc([C@H](C)c3ncc(F)cn3)c2[N+](=O)[O-])n[nH]1. The molecule has 0 aliphatic rings. The van der Waals surface area contributed by atoms with Gasteiger partial charge in [-0.05, 0) is 19.9 Å². The molecule has 0 aliphatic carbocycles. The van der Waals surface area contributed by atoms with Gasteiger partial charge in [-0.3, -0.25) is 10.1 Å². The number of nitrogens with one attached hydrogen (secondary N) is 2. The highest BCUT2D eigenvalue weighted by molar-refractivity contribution is 5.70. The number of nitro groups is 1. The second-order valence-electron chi connectivity index (χ2n) is 6.48. The minimum absolute atomic E-state index is 0.0521. The summed E-state index contributed by atoms with van der Waals surface area (Å²) in [6.07, 6.45) is 1.91. The Labute approximate surface area is 164 Å². The average molecular weight is 402 g/mol. The standard InChI is InChI=1S/C17H19FN8O3/c1-8(2)29-14-5-13(24-25-14)23-17-15(26(27)28)11(4-12(19)22-17)9(3)16-20-6-10(18)7-21-16/h4-9H,1-3H3,(H4,19,22,23,24,25)/t9-/m0/s1. The van der Waals surface area contributed by atoms with Crippen molar-refractivity contribution in [3.63, 3.8) is 0 Å². The third-order valence-corrected chi connectivity index (χ3v) is 3.88. The monoisotopic (exact) mass is 402 g/mol. The summed E-state index contributed by atoms with van der Waals surface area (Å²) in [6, 6.07) is 2.92. The van der Waals surface area contributed by atoms with Crippen LogP contribution in [0.1, 0.15) is 38.1 Å². The lowest BCUT2D eigenvalue weighted by Gasteiger charge is -2.14. The first-order valence-electron chi connectivity index (χ1n) is 8.66. The maximum Gasteiger partial charge on any atom is 0.315 e. The summed E-state index contributed by atoms with van der Waals surface area (Å²) >= 11 is 0. The molecular weight excluding hydrogens is 383 g/mol. The van der Waals surface area contributed by atoms with Crippen molar-refractivity contribution in [1.82, 2.24) is 25.1 Å². The van der Waals surface area contributed by atoms with Crippen molar-refractivity contribution >= 4 is 23.1 Å². The van der Waals surface area contributed by atoms with Gasteiger partial charge in [-0.2, -0.15) is 5.10 Å². The van der Waals surface area contributed by atoms with Crippen LogP contribution < -0.4 is 15.8 Å². The molecule has 11 nitrogen and oxygen atoms in total. The van der Waals surface area contributed by atoms with E-state index >= 15 is 0 Å². The lowest BCUT2D eigenvalue weighted by Crippen LogP contribution is -2.10. The summed E-state index contributed by atoms with van der Waals surface area (Å²) in [4.78, 5) is 23.1. The summed E-state index contributed by atoms with van der Waals surface area (Å²) in [7, 11) is 0. The third kappa shape index (κ3) is 4.54. The smallest absolute Gasteiger partial charge is 0.315 e. The fourth-order valence-electron chi connectivity index (χ4n) is 2.68. The number of rotatable bonds is 7. The number of hydrogen-bond acceptors (Lipinski definition) is 9. The first-order valence-corrected chi connectivity index (χ1v) is 8.66. The van der Waals surface area contributed by atoms with E-state index in [0.717, 1.165) is 12.4 Å². The molecule has 0 radical (unpaired) electrons. The number of aromatic nitrogens is 5. The van der Waals surface area contributed by atoms with Crippen LogP contribution in [0.4, 0.5) is 27.5 Å². The first-order chi connectivity index (χ1) is 13.7. The molecule has 4 N–H and O–H groups in total. The van der Waals surface area contributed by atoms with Gasteiger partial charge < -0.3 is 15.8 Å². The van der Waals surface area contributed by atoms with Crippen LogP contribution in [0.2, 0.25) is 0 Å². The predicted molar refractivity (Wildman–Crippen MR) is 102 cm³/mol. The number of aromatic amines is 1. The van der Waals surface area contributed by atoms with Crippen LogP contribution in [0.15, 0.2) is 24.5 Å². The number of nitrogen functional groups attached to an aromatic ring is 1. The van der Waals surface area contributed by atoms with E-state index in [1.807, 2.05) is 13.8 Å². The van der Waals surface area contributed by atoms with Gasteiger partial charge in [0.2, 0.25) is 11.7 Å². The van der Waals surface area contributed by atoms with Gasteiger partial charge >= 0.3 is 5.69 Å². The minimum Gasteiger partial charge on any atom is -0.475 e. The number of hydrogen-bond donors (Lipinski definition) is 3. The quantitative estimate of drug-likeness (QED) is 0.399. The molecule has 3 aromatic heterocycles. The van der Waals surface area contributed by atoms with Crippen LogP contribution in [0.5, 0.6) is 5.88 Å². The van der Waals surface area contributed by atoms with E-state index in [0.29, 0.717) is 5.88 Å². The molecular formula is C17H19FN8O3. The van der Waals surface area contributed by atoms with Crippen molar-refractivity contribution in [2.45, 2.75) is 32.8 Å². The maximum atomic E-state index is 13.1. The van der Waals surface area contributed by atoms with Gasteiger partial charge in [0.05, 0.1) is 23.4 Å². The Morgan fingerprint density at radius 1 is 1.28 bits per heavy atom. The molecule has 3 rings (SSSR count). The molecule has 29 heavy (non-hydrogen) atoms. The lowest BCUT2D eigenvalue weighted by atomic mass is 9.99. The van der Waals surface area contributed by atoms with Gasteiger partial charge in [0.1, 0.15) is 11.6 Å². The highest BCUT2D eigenvalue weighted by Crippen LogP contribution is 2.37. The molecule has 0 saturated carbocycles. The molecule has 0 aromatic carbocycles. The zero-order chi connectivity index (χ0) is 21.1. The van der Waals surface area contributed by atoms with Crippen LogP contribution in [0.3, 0.4) is 0 Å². The summed E-state index contributed by atoms with van der Waals surface area (Å²) in [6.45, 7) is 5.36. The Bertz CT molecular complexity index is 1020. The summed E-state index contributed by atoms with van der Waals surface area (Å²) in [5.41, 5.74) is 5.78. The maximum absolute atomic E-state index is 13.1. The predicted octanol–water partition coefficient (Wildman–Crippen LogP) is 2.91. The van der Waals surface area contributed by atoms with E-state index in [9.17, 15) is 14.5 Å². The summed E-state index contributed by atoms with van der Waals surface area (Å²) in [5.74, 6) is -0.428. The van der Waals surface area contributed by atoms with Crippen molar-refractivity contribution in [1.29, 1.82) is 0 Å². The Kier molecular flexibility index (Phi) is 5.52. The zero-order valence-corrected chi connectivity index (χ0v) is 15.9. The molecule has 12 heteroatoms. The number of H-pyrrole nitrogens is 1. The number of ether oxygens (including phenoxy) is 1. The van der Waals surface area contributed by atoms with Crippen LogP contribution in [0, 0.1) is 15.9 Å². The molecule has 0 bridgehead atoms. The highest BCUT2D eigenvalue weighted by atomic mass is 19.1. The van der Waals surface area contributed by atoms with E-state index in [2.05, 4.69) is 30.5 Å². The van der Waals surface area contributed by atoms with Crippen LogP contribution in [-0.4, -0.2) is 36.2 Å². The second-order valence-corrected chi connectivity index (χ2v) is 6.48. The van der Waals surface area contributed by atoms with Gasteiger partial charge in [-0.25, -0.2) is 24.4 Å². The Balaban J connectivity index is 2.00. The summed E-state index contributed by atoms with van der Waals surface area (Å²) in [5, 5.41) is 21.3. The molecule has 0 spiro atoms. The molecule has 152 valence electrons. The van der Waals surface area contributed by atoms with Gasteiger partial charge in [0.15, 0.2) is 11.6 Å². The van der Waals surface area contributed by atoms with Gasteiger partial charge in [-0.15, -0.1) is 0 Å². The molecule has 0 unspecified atom stereocenters. The van der Waals surface area contributed by atoms with E-state index in [1.165, 1.54) is 6.07 Å². The van der Waals surface area contributed by atoms with Crippen molar-refractivity contribution in [2.75, 3.05) is 11.1 Å². The summed E-state index contributed by atoms with van der Waals surface area (Å²) < 4.78 is 18.6. The number of anilines is 3. The normalized spacial score (nSPS) is 12.0. The molecule has 3 heterocycles. The average Bonchev–Trinajstić information content (AvgIpc) is 3.07. The molecule has 1 atom stereocenters. The molecule has 3 aromatic rings. The fourth-order valence-corrected chi connectivity index (χ4v) is 2.68. The van der Waals surface area contributed by atoms with Crippen LogP contribution in [-0.2, 0) is 0 Å².